The van der Waals surface area contributed by atoms with Crippen molar-refractivity contribution in [2.75, 3.05) is 32.9 Å². The van der Waals surface area contributed by atoms with Crippen LogP contribution in [0.3, 0.4) is 0 Å². The minimum atomic E-state index is -0.483. The van der Waals surface area contributed by atoms with Crippen LogP contribution in [0.25, 0.3) is 0 Å². The van der Waals surface area contributed by atoms with Crippen LogP contribution in [0.5, 0.6) is 5.75 Å². The van der Waals surface area contributed by atoms with Crippen LogP contribution in [0.2, 0.25) is 0 Å². The van der Waals surface area contributed by atoms with E-state index in [2.05, 4.69) is 19.2 Å². The molecule has 6 nitrogen and oxygen atoms in total. The normalized spacial score (nSPS) is 15.6. The lowest BCUT2D eigenvalue weighted by molar-refractivity contribution is -0.140. The molecular formula is C20H30N2O4. The molecule has 1 aliphatic heterocycles. The Balaban J connectivity index is 1.95. The van der Waals surface area contributed by atoms with E-state index in [1.807, 2.05) is 31.2 Å². The molecule has 1 fully saturated rings. The zero-order valence-electron chi connectivity index (χ0n) is 16.0. The minimum Gasteiger partial charge on any atom is -0.494 e. The van der Waals surface area contributed by atoms with Crippen molar-refractivity contribution in [2.45, 2.75) is 39.7 Å². The summed E-state index contributed by atoms with van der Waals surface area (Å²) in [4.78, 5) is 27.0. The van der Waals surface area contributed by atoms with Gasteiger partial charge in [0.2, 0.25) is 11.8 Å². The zero-order valence-corrected chi connectivity index (χ0v) is 16.0. The molecule has 1 aliphatic rings. The van der Waals surface area contributed by atoms with Gasteiger partial charge < -0.3 is 19.7 Å². The van der Waals surface area contributed by atoms with Crippen molar-refractivity contribution in [3.05, 3.63) is 29.8 Å². The second-order valence-electron chi connectivity index (χ2n) is 6.94. The van der Waals surface area contributed by atoms with Gasteiger partial charge in [-0.3, -0.25) is 9.59 Å². The molecule has 6 heteroatoms. The van der Waals surface area contributed by atoms with Crippen LogP contribution in [0, 0.1) is 5.92 Å². The summed E-state index contributed by atoms with van der Waals surface area (Å²) in [5.41, 5.74) is 0.896. The molecule has 0 aliphatic carbocycles. The van der Waals surface area contributed by atoms with Crippen molar-refractivity contribution in [3.63, 3.8) is 0 Å². The van der Waals surface area contributed by atoms with Crippen molar-refractivity contribution in [1.29, 1.82) is 0 Å². The number of rotatable bonds is 8. The molecule has 0 spiro atoms. The van der Waals surface area contributed by atoms with Crippen molar-refractivity contribution in [1.82, 2.24) is 10.2 Å². The number of benzene rings is 1. The van der Waals surface area contributed by atoms with E-state index >= 15 is 0 Å². The Hall–Kier alpha value is -2.08. The van der Waals surface area contributed by atoms with Crippen LogP contribution in [-0.2, 0) is 20.7 Å². The maximum atomic E-state index is 12.8. The maximum absolute atomic E-state index is 12.8. The number of hydrogen-bond donors (Lipinski definition) is 1. The number of nitrogens with zero attached hydrogens (tertiary/aromatic N) is 1. The van der Waals surface area contributed by atoms with E-state index in [0.717, 1.165) is 11.3 Å². The van der Waals surface area contributed by atoms with Crippen LogP contribution in [-0.4, -0.2) is 55.7 Å². The Bertz CT molecular complexity index is 580. The predicted molar refractivity (Wildman–Crippen MR) is 100 cm³/mol. The molecule has 1 aromatic rings. The van der Waals surface area contributed by atoms with Gasteiger partial charge in [0, 0.05) is 13.1 Å². The lowest BCUT2D eigenvalue weighted by Crippen LogP contribution is -2.52. The highest BCUT2D eigenvalue weighted by atomic mass is 16.5. The molecule has 0 bridgehead atoms. The molecule has 0 saturated carbocycles. The minimum absolute atomic E-state index is 0.0120. The summed E-state index contributed by atoms with van der Waals surface area (Å²) < 4.78 is 10.7. The maximum Gasteiger partial charge on any atom is 0.245 e. The van der Waals surface area contributed by atoms with Crippen LogP contribution < -0.4 is 10.1 Å². The van der Waals surface area contributed by atoms with E-state index in [4.69, 9.17) is 9.47 Å². The summed E-state index contributed by atoms with van der Waals surface area (Å²) in [5, 5.41) is 2.93. The van der Waals surface area contributed by atoms with Gasteiger partial charge in [0.1, 0.15) is 11.8 Å². The van der Waals surface area contributed by atoms with Gasteiger partial charge in [0.15, 0.2) is 0 Å². The van der Waals surface area contributed by atoms with Gasteiger partial charge >= 0.3 is 0 Å². The van der Waals surface area contributed by atoms with E-state index in [-0.39, 0.29) is 18.2 Å². The van der Waals surface area contributed by atoms with Gasteiger partial charge in [-0.1, -0.05) is 26.0 Å². The van der Waals surface area contributed by atoms with Crippen molar-refractivity contribution in [3.8, 4) is 5.75 Å². The largest absolute Gasteiger partial charge is 0.494 e. The molecule has 1 heterocycles. The molecule has 2 amide bonds. The number of carbonyl (C=O) groups excluding carboxylic acids is 2. The Morgan fingerprint density at radius 1 is 1.19 bits per heavy atom. The first-order chi connectivity index (χ1) is 12.5. The Labute approximate surface area is 155 Å². The molecule has 0 unspecified atom stereocenters. The molecule has 1 saturated heterocycles. The second-order valence-corrected chi connectivity index (χ2v) is 6.94. The monoisotopic (exact) mass is 362 g/mol. The first-order valence-corrected chi connectivity index (χ1v) is 9.37. The number of morpholine rings is 1. The van der Waals surface area contributed by atoms with Crippen LogP contribution in [0.4, 0.5) is 0 Å². The topological polar surface area (TPSA) is 67.9 Å². The fraction of sp³-hybridized carbons (Fsp3) is 0.600. The summed E-state index contributed by atoms with van der Waals surface area (Å²) in [6.07, 6.45) is 0.878. The highest BCUT2D eigenvalue weighted by Gasteiger charge is 2.27. The van der Waals surface area contributed by atoms with Crippen LogP contribution in [0.15, 0.2) is 24.3 Å². The molecule has 1 N–H and O–H groups in total. The number of amides is 2. The summed E-state index contributed by atoms with van der Waals surface area (Å²) >= 11 is 0. The van der Waals surface area contributed by atoms with Gasteiger partial charge in [0.05, 0.1) is 26.2 Å². The fourth-order valence-electron chi connectivity index (χ4n) is 3.00. The summed E-state index contributed by atoms with van der Waals surface area (Å²) in [6, 6.07) is 6.99. The Kier molecular flexibility index (Phi) is 7.91. The second kappa shape index (κ2) is 10.2. The molecule has 0 radical (unpaired) electrons. The molecule has 0 aromatic heterocycles. The summed E-state index contributed by atoms with van der Waals surface area (Å²) in [6.45, 7) is 8.93. The number of nitrogens with one attached hydrogen (secondary N) is 1. The van der Waals surface area contributed by atoms with Gasteiger partial charge in [-0.25, -0.2) is 0 Å². The third kappa shape index (κ3) is 6.33. The highest BCUT2D eigenvalue weighted by Crippen LogP contribution is 2.14. The third-order valence-corrected chi connectivity index (χ3v) is 4.26. The SMILES string of the molecule is CCOc1ccc(CC(=O)N[C@@H](CC(C)C)C(=O)N2CCOCC2)cc1. The zero-order chi connectivity index (χ0) is 18.9. The van der Waals surface area contributed by atoms with E-state index in [9.17, 15) is 9.59 Å². The lowest BCUT2D eigenvalue weighted by Gasteiger charge is -2.31. The molecule has 1 atom stereocenters. The number of ether oxygens (including phenoxy) is 2. The van der Waals surface area contributed by atoms with E-state index in [1.165, 1.54) is 0 Å². The van der Waals surface area contributed by atoms with E-state index in [0.29, 0.717) is 45.2 Å². The smallest absolute Gasteiger partial charge is 0.245 e. The van der Waals surface area contributed by atoms with E-state index < -0.39 is 6.04 Å². The van der Waals surface area contributed by atoms with Crippen LogP contribution >= 0.6 is 0 Å². The fourth-order valence-corrected chi connectivity index (χ4v) is 3.00. The van der Waals surface area contributed by atoms with Gasteiger partial charge in [-0.15, -0.1) is 0 Å². The molecule has 144 valence electrons. The molecule has 1 aromatic carbocycles. The number of hydrogen-bond acceptors (Lipinski definition) is 4. The molecular weight excluding hydrogens is 332 g/mol. The average Bonchev–Trinajstić information content (AvgIpc) is 2.63. The van der Waals surface area contributed by atoms with Crippen LogP contribution in [0.1, 0.15) is 32.8 Å². The first-order valence-electron chi connectivity index (χ1n) is 9.37. The van der Waals surface area contributed by atoms with Gasteiger partial charge in [-0.05, 0) is 37.0 Å². The first kappa shape index (κ1) is 20.2. The predicted octanol–water partition coefficient (Wildman–Crippen LogP) is 2.02. The van der Waals surface area contributed by atoms with Crippen molar-refractivity contribution < 1.29 is 19.1 Å². The Morgan fingerprint density at radius 2 is 1.85 bits per heavy atom. The molecule has 2 rings (SSSR count). The van der Waals surface area contributed by atoms with E-state index in [1.54, 1.807) is 4.90 Å². The number of carbonyl (C=O) groups is 2. The highest BCUT2D eigenvalue weighted by molar-refractivity contribution is 5.88. The Morgan fingerprint density at radius 3 is 2.42 bits per heavy atom. The average molecular weight is 362 g/mol. The van der Waals surface area contributed by atoms with Gasteiger partial charge in [0.25, 0.3) is 0 Å². The standard InChI is InChI=1S/C20H30N2O4/c1-4-26-17-7-5-16(6-8-17)14-19(23)21-18(13-15(2)3)20(24)22-9-11-25-12-10-22/h5-8,15,18H,4,9-14H2,1-3H3,(H,21,23)/t18-/m0/s1. The lowest BCUT2D eigenvalue weighted by atomic mass is 10.0. The summed E-state index contributed by atoms with van der Waals surface area (Å²) in [7, 11) is 0. The quantitative estimate of drug-likeness (QED) is 0.768. The summed E-state index contributed by atoms with van der Waals surface area (Å²) in [5.74, 6) is 0.955. The third-order valence-electron chi connectivity index (χ3n) is 4.26. The molecule has 26 heavy (non-hydrogen) atoms. The van der Waals surface area contributed by atoms with Gasteiger partial charge in [-0.2, -0.15) is 0 Å². The van der Waals surface area contributed by atoms with Crippen molar-refractivity contribution >= 4 is 11.8 Å². The van der Waals surface area contributed by atoms with Crippen molar-refractivity contribution in [2.24, 2.45) is 5.92 Å².